The molecule has 0 aliphatic heterocycles. The summed E-state index contributed by atoms with van der Waals surface area (Å²) < 4.78 is 11.3. The largest absolute Gasteiger partial charge is 0.492 e. The van der Waals surface area contributed by atoms with E-state index in [1.165, 1.54) is 19.2 Å². The summed E-state index contributed by atoms with van der Waals surface area (Å²) in [6.07, 6.45) is 0. The van der Waals surface area contributed by atoms with Gasteiger partial charge in [0, 0.05) is 10.4 Å². The highest BCUT2D eigenvalue weighted by atomic mass is 35.5. The van der Waals surface area contributed by atoms with Crippen molar-refractivity contribution in [2.75, 3.05) is 7.11 Å². The molecule has 4 aromatic rings. The second-order valence-corrected chi connectivity index (χ2v) is 5.95. The molecule has 2 aromatic heterocycles. The summed E-state index contributed by atoms with van der Waals surface area (Å²) in [6.45, 7) is 0. The number of benzene rings is 2. The predicted octanol–water partition coefficient (Wildman–Crippen LogP) is 5.01. The lowest BCUT2D eigenvalue weighted by Gasteiger charge is -2.04. The molecule has 2 heterocycles. The van der Waals surface area contributed by atoms with Crippen LogP contribution in [0.4, 0.5) is 0 Å². The minimum Gasteiger partial charge on any atom is -0.492 e. The third-order valence-electron chi connectivity index (χ3n) is 3.98. The number of carboxylic acid groups (broad SMARTS) is 1. The number of methoxy groups -OCH3 is 1. The summed E-state index contributed by atoms with van der Waals surface area (Å²) in [5.41, 5.74) is 2.01. The van der Waals surface area contributed by atoms with Crippen LogP contribution in [-0.2, 0) is 0 Å². The minimum atomic E-state index is -1.01. The summed E-state index contributed by atoms with van der Waals surface area (Å²) in [5.74, 6) is -0.112. The van der Waals surface area contributed by atoms with Crippen LogP contribution in [0, 0.1) is 0 Å². The van der Waals surface area contributed by atoms with Gasteiger partial charge in [-0.15, -0.1) is 0 Å². The van der Waals surface area contributed by atoms with E-state index in [1.807, 2.05) is 18.2 Å². The summed E-state index contributed by atoms with van der Waals surface area (Å²) >= 11 is 6.04. The van der Waals surface area contributed by atoms with E-state index in [9.17, 15) is 9.90 Å². The van der Waals surface area contributed by atoms with Crippen LogP contribution in [-0.4, -0.2) is 23.2 Å². The Hall–Kier alpha value is -3.05. The van der Waals surface area contributed by atoms with E-state index in [0.717, 1.165) is 10.9 Å². The van der Waals surface area contributed by atoms with E-state index in [4.69, 9.17) is 20.8 Å². The Bertz CT molecular complexity index is 1130. The molecule has 124 valence electrons. The maximum Gasteiger partial charge on any atom is 0.335 e. The fourth-order valence-electron chi connectivity index (χ4n) is 2.80. The van der Waals surface area contributed by atoms with Crippen molar-refractivity contribution >= 4 is 39.4 Å². The monoisotopic (exact) mass is 353 g/mol. The highest BCUT2D eigenvalue weighted by Crippen LogP contribution is 2.40. The molecule has 0 spiro atoms. The van der Waals surface area contributed by atoms with Gasteiger partial charge in [-0.2, -0.15) is 0 Å². The smallest absolute Gasteiger partial charge is 0.335 e. The van der Waals surface area contributed by atoms with Gasteiger partial charge in [0.05, 0.1) is 23.6 Å². The Labute approximate surface area is 147 Å². The highest BCUT2D eigenvalue weighted by Gasteiger charge is 2.19. The van der Waals surface area contributed by atoms with Gasteiger partial charge in [-0.05, 0) is 36.4 Å². The first kappa shape index (κ1) is 15.5. The first-order chi connectivity index (χ1) is 12.1. The van der Waals surface area contributed by atoms with Crippen LogP contribution >= 0.6 is 11.6 Å². The van der Waals surface area contributed by atoms with Crippen LogP contribution in [0.3, 0.4) is 0 Å². The van der Waals surface area contributed by atoms with Gasteiger partial charge in [0.2, 0.25) is 0 Å². The third kappa shape index (κ3) is 2.58. The van der Waals surface area contributed by atoms with Gasteiger partial charge in [-0.25, -0.2) is 9.78 Å². The maximum absolute atomic E-state index is 11.2. The lowest BCUT2D eigenvalue weighted by Crippen LogP contribution is -1.95. The Morgan fingerprint density at radius 2 is 1.96 bits per heavy atom. The molecule has 0 aliphatic carbocycles. The first-order valence-corrected chi connectivity index (χ1v) is 7.85. The van der Waals surface area contributed by atoms with Crippen molar-refractivity contribution in [1.82, 2.24) is 4.98 Å². The number of carbonyl (C=O) groups is 1. The number of ether oxygens (including phenoxy) is 1. The molecule has 5 nitrogen and oxygen atoms in total. The molecule has 25 heavy (non-hydrogen) atoms. The van der Waals surface area contributed by atoms with Crippen LogP contribution in [0.5, 0.6) is 5.75 Å². The second kappa shape index (κ2) is 5.79. The average Bonchev–Trinajstić information content (AvgIpc) is 2.98. The molecule has 0 aliphatic rings. The number of aromatic nitrogens is 1. The van der Waals surface area contributed by atoms with E-state index in [2.05, 4.69) is 4.98 Å². The normalized spacial score (nSPS) is 11.1. The predicted molar refractivity (Wildman–Crippen MR) is 95.5 cm³/mol. The third-order valence-corrected chi connectivity index (χ3v) is 4.22. The molecule has 4 rings (SSSR count). The maximum atomic E-state index is 11.2. The molecular weight excluding hydrogens is 342 g/mol. The zero-order chi connectivity index (χ0) is 17.6. The summed E-state index contributed by atoms with van der Waals surface area (Å²) in [5, 5.41) is 11.3. The highest BCUT2D eigenvalue weighted by molar-refractivity contribution is 6.31. The Morgan fingerprint density at radius 1 is 1.16 bits per heavy atom. The van der Waals surface area contributed by atoms with Gasteiger partial charge >= 0.3 is 5.97 Å². The van der Waals surface area contributed by atoms with Crippen LogP contribution in [0.25, 0.3) is 33.3 Å². The Morgan fingerprint density at radius 3 is 2.72 bits per heavy atom. The van der Waals surface area contributed by atoms with Gasteiger partial charge in [0.25, 0.3) is 0 Å². The fourth-order valence-corrected chi connectivity index (χ4v) is 2.96. The first-order valence-electron chi connectivity index (χ1n) is 7.47. The van der Waals surface area contributed by atoms with Crippen LogP contribution in [0.2, 0.25) is 5.02 Å². The number of furan rings is 1. The molecule has 2 aromatic carbocycles. The number of rotatable bonds is 3. The van der Waals surface area contributed by atoms with Gasteiger partial charge in [0.15, 0.2) is 11.5 Å². The number of carboxylic acids is 1. The quantitative estimate of drug-likeness (QED) is 0.560. The number of pyridine rings is 1. The zero-order valence-corrected chi connectivity index (χ0v) is 13.9. The molecule has 6 heteroatoms. The SMILES string of the molecule is COc1c(-c2ccc3ccc(Cl)cc3n2)oc2ccc(C(=O)O)cc12. The molecule has 0 saturated heterocycles. The molecule has 0 bridgehead atoms. The molecule has 0 unspecified atom stereocenters. The van der Waals surface area contributed by atoms with Crippen molar-refractivity contribution in [3.05, 3.63) is 59.1 Å². The molecule has 0 amide bonds. The van der Waals surface area contributed by atoms with Gasteiger partial charge < -0.3 is 14.3 Å². The van der Waals surface area contributed by atoms with Crippen LogP contribution in [0.1, 0.15) is 10.4 Å². The standard InChI is InChI=1S/C19H12ClNO4/c1-24-17-13-8-11(19(22)23)4-7-16(13)25-18(17)14-6-3-10-2-5-12(20)9-15(10)21-14/h2-9H,1H3,(H,22,23). The fraction of sp³-hybridized carbons (Fsp3) is 0.0526. The van der Waals surface area contributed by atoms with Crippen LogP contribution < -0.4 is 4.74 Å². The van der Waals surface area contributed by atoms with Crippen molar-refractivity contribution in [1.29, 1.82) is 0 Å². The van der Waals surface area contributed by atoms with Crippen molar-refractivity contribution < 1.29 is 19.1 Å². The molecular formula is C19H12ClNO4. The number of hydrogen-bond donors (Lipinski definition) is 1. The Kier molecular flexibility index (Phi) is 3.58. The van der Waals surface area contributed by atoms with Gasteiger partial charge in [0.1, 0.15) is 11.3 Å². The van der Waals surface area contributed by atoms with Crippen molar-refractivity contribution in [2.45, 2.75) is 0 Å². The molecule has 0 radical (unpaired) electrons. The van der Waals surface area contributed by atoms with E-state index < -0.39 is 5.97 Å². The topological polar surface area (TPSA) is 72.6 Å². The summed E-state index contributed by atoms with van der Waals surface area (Å²) in [7, 11) is 1.51. The number of fused-ring (bicyclic) bond motifs is 2. The number of halogens is 1. The van der Waals surface area contributed by atoms with E-state index in [0.29, 0.717) is 33.2 Å². The second-order valence-electron chi connectivity index (χ2n) is 5.51. The van der Waals surface area contributed by atoms with E-state index in [1.54, 1.807) is 18.2 Å². The molecule has 0 saturated carbocycles. The molecule has 0 atom stereocenters. The molecule has 0 fully saturated rings. The molecule has 1 N–H and O–H groups in total. The van der Waals surface area contributed by atoms with E-state index >= 15 is 0 Å². The number of aromatic carboxylic acids is 1. The number of hydrogen-bond acceptors (Lipinski definition) is 4. The van der Waals surface area contributed by atoms with E-state index in [-0.39, 0.29) is 5.56 Å². The summed E-state index contributed by atoms with van der Waals surface area (Å²) in [4.78, 5) is 15.8. The van der Waals surface area contributed by atoms with Crippen molar-refractivity contribution in [3.8, 4) is 17.2 Å². The lowest BCUT2D eigenvalue weighted by atomic mass is 10.1. The van der Waals surface area contributed by atoms with Crippen molar-refractivity contribution in [2.24, 2.45) is 0 Å². The average molecular weight is 354 g/mol. The summed E-state index contributed by atoms with van der Waals surface area (Å²) in [6, 6.07) is 13.9. The minimum absolute atomic E-state index is 0.163. The van der Waals surface area contributed by atoms with Crippen LogP contribution in [0.15, 0.2) is 52.9 Å². The zero-order valence-electron chi connectivity index (χ0n) is 13.1. The number of nitrogens with zero attached hydrogens (tertiary/aromatic N) is 1. The Balaban J connectivity index is 1.95. The van der Waals surface area contributed by atoms with Gasteiger partial charge in [-0.3, -0.25) is 0 Å². The van der Waals surface area contributed by atoms with Gasteiger partial charge in [-0.1, -0.05) is 23.7 Å². The van der Waals surface area contributed by atoms with Crippen molar-refractivity contribution in [3.63, 3.8) is 0 Å². The lowest BCUT2D eigenvalue weighted by molar-refractivity contribution is 0.0697.